The van der Waals surface area contributed by atoms with Crippen molar-refractivity contribution in [3.63, 3.8) is 0 Å². The van der Waals surface area contributed by atoms with E-state index in [-0.39, 0.29) is 37.7 Å². The number of carboxylic acids is 2. The normalized spacial score (nSPS) is 10.3. The third kappa shape index (κ3) is 10.1. The minimum atomic E-state index is -1.37. The summed E-state index contributed by atoms with van der Waals surface area (Å²) in [4.78, 5) is 19.5. The van der Waals surface area contributed by atoms with Gasteiger partial charge in [0, 0.05) is 17.9 Å². The van der Waals surface area contributed by atoms with Crippen LogP contribution >= 0.6 is 0 Å². The summed E-state index contributed by atoms with van der Waals surface area (Å²) < 4.78 is 0. The SMILES string of the molecule is CC(CC(=O)[O-])C(=O)[O-].[Li+].[Li+]. The Bertz CT molecular complexity index is 136. The van der Waals surface area contributed by atoms with Gasteiger partial charge in [-0.1, -0.05) is 6.92 Å². The first-order valence-electron chi connectivity index (χ1n) is 2.44. The van der Waals surface area contributed by atoms with Gasteiger partial charge in [-0.2, -0.15) is 0 Å². The Labute approximate surface area is 88.7 Å². The third-order valence-corrected chi connectivity index (χ3v) is 0.875. The standard InChI is InChI=1S/C5H8O4.2Li/c1-3(5(8)9)2-4(6)7;;/h3H,2H2,1H3,(H,6,7)(H,8,9);;/q;2*+1/p-2. The summed E-state index contributed by atoms with van der Waals surface area (Å²) in [5, 5.41) is 19.5. The van der Waals surface area contributed by atoms with E-state index in [2.05, 4.69) is 0 Å². The summed E-state index contributed by atoms with van der Waals surface area (Å²) in [6, 6.07) is 0. The van der Waals surface area contributed by atoms with Gasteiger partial charge in [0.25, 0.3) is 0 Å². The van der Waals surface area contributed by atoms with Crippen molar-refractivity contribution < 1.29 is 57.5 Å². The molecule has 0 aromatic carbocycles. The van der Waals surface area contributed by atoms with Crippen LogP contribution in [0.1, 0.15) is 13.3 Å². The quantitative estimate of drug-likeness (QED) is 0.368. The van der Waals surface area contributed by atoms with Gasteiger partial charge in [-0.3, -0.25) is 0 Å². The molecule has 0 aromatic rings. The molecule has 6 heteroatoms. The number of rotatable bonds is 3. The topological polar surface area (TPSA) is 80.3 Å². The average Bonchev–Trinajstić information content (AvgIpc) is 1.63. The zero-order valence-electron chi connectivity index (χ0n) is 6.92. The Morgan fingerprint density at radius 1 is 1.27 bits per heavy atom. The minimum Gasteiger partial charge on any atom is -0.550 e. The number of hydrogen-bond acceptors (Lipinski definition) is 4. The van der Waals surface area contributed by atoms with Crippen molar-refractivity contribution in [3.05, 3.63) is 0 Å². The predicted molar refractivity (Wildman–Crippen MR) is 23.8 cm³/mol. The molecule has 0 saturated carbocycles. The number of aliphatic carboxylic acids is 2. The van der Waals surface area contributed by atoms with Crippen molar-refractivity contribution in [1.82, 2.24) is 0 Å². The molecule has 0 aliphatic rings. The van der Waals surface area contributed by atoms with Crippen LogP contribution in [0.15, 0.2) is 0 Å². The molecule has 0 N–H and O–H groups in total. The molecule has 0 aliphatic heterocycles. The molecule has 0 bridgehead atoms. The zero-order chi connectivity index (χ0) is 7.44. The molecule has 0 saturated heterocycles. The number of hydrogen-bond donors (Lipinski definition) is 0. The fourth-order valence-electron chi connectivity index (χ4n) is 0.333. The average molecular weight is 144 g/mol. The van der Waals surface area contributed by atoms with Gasteiger partial charge < -0.3 is 19.8 Å². The molecule has 0 aliphatic carbocycles. The molecule has 4 nitrogen and oxygen atoms in total. The molecule has 0 heterocycles. The first-order chi connectivity index (χ1) is 4.04. The van der Waals surface area contributed by atoms with Gasteiger partial charge in [0.05, 0.1) is 0 Å². The second kappa shape index (κ2) is 8.23. The maximum absolute atomic E-state index is 9.83. The fraction of sp³-hybridized carbons (Fsp3) is 0.600. The number of carbonyl (C=O) groups excluding carboxylic acids is 2. The van der Waals surface area contributed by atoms with Crippen LogP contribution in [-0.2, 0) is 9.59 Å². The molecule has 0 fully saturated rings. The summed E-state index contributed by atoms with van der Waals surface area (Å²) in [6.07, 6.45) is -0.484. The van der Waals surface area contributed by atoms with Gasteiger partial charge >= 0.3 is 37.7 Å². The van der Waals surface area contributed by atoms with Crippen molar-refractivity contribution in [2.24, 2.45) is 5.92 Å². The van der Waals surface area contributed by atoms with Crippen LogP contribution in [0.5, 0.6) is 0 Å². The second-order valence-corrected chi connectivity index (χ2v) is 1.80. The smallest absolute Gasteiger partial charge is 0.550 e. The summed E-state index contributed by atoms with van der Waals surface area (Å²) in [5.74, 6) is -3.69. The van der Waals surface area contributed by atoms with Gasteiger partial charge in [-0.25, -0.2) is 0 Å². The first kappa shape index (κ1) is 17.3. The molecule has 1 atom stereocenters. The molecule has 0 radical (unpaired) electrons. The van der Waals surface area contributed by atoms with Gasteiger partial charge in [-0.05, 0) is 6.42 Å². The van der Waals surface area contributed by atoms with E-state index < -0.39 is 24.3 Å². The summed E-state index contributed by atoms with van der Waals surface area (Å²) in [6.45, 7) is 1.26. The fourth-order valence-corrected chi connectivity index (χ4v) is 0.333. The van der Waals surface area contributed by atoms with Crippen molar-refractivity contribution in [2.45, 2.75) is 13.3 Å². The van der Waals surface area contributed by atoms with Crippen LogP contribution in [0.4, 0.5) is 0 Å². The summed E-state index contributed by atoms with van der Waals surface area (Å²) in [5.41, 5.74) is 0. The Kier molecular flexibility index (Phi) is 12.9. The molecule has 0 rings (SSSR count). The van der Waals surface area contributed by atoms with Gasteiger partial charge in [0.2, 0.25) is 0 Å². The van der Waals surface area contributed by atoms with Crippen LogP contribution in [0.2, 0.25) is 0 Å². The van der Waals surface area contributed by atoms with Crippen LogP contribution in [0.3, 0.4) is 0 Å². The van der Waals surface area contributed by atoms with Crippen LogP contribution < -0.4 is 47.9 Å². The zero-order valence-corrected chi connectivity index (χ0v) is 6.92. The molecular formula is C5H6Li2O4. The minimum absolute atomic E-state index is 0. The van der Waals surface area contributed by atoms with Gasteiger partial charge in [-0.15, -0.1) is 0 Å². The molecule has 0 spiro atoms. The Balaban J connectivity index is -0.000000320. The molecule has 0 aromatic heterocycles. The van der Waals surface area contributed by atoms with Crippen LogP contribution in [0, 0.1) is 5.92 Å². The largest absolute Gasteiger partial charge is 1.00 e. The van der Waals surface area contributed by atoms with Crippen molar-refractivity contribution in [1.29, 1.82) is 0 Å². The second-order valence-electron chi connectivity index (χ2n) is 1.80. The van der Waals surface area contributed by atoms with E-state index in [0.29, 0.717) is 0 Å². The van der Waals surface area contributed by atoms with Crippen molar-refractivity contribution in [3.8, 4) is 0 Å². The maximum atomic E-state index is 9.83. The van der Waals surface area contributed by atoms with Gasteiger partial charge in [0.1, 0.15) is 0 Å². The van der Waals surface area contributed by atoms with E-state index in [1.165, 1.54) is 6.92 Å². The molecule has 11 heavy (non-hydrogen) atoms. The van der Waals surface area contributed by atoms with Crippen LogP contribution in [-0.4, -0.2) is 11.9 Å². The molecule has 1 unspecified atom stereocenters. The van der Waals surface area contributed by atoms with E-state index in [4.69, 9.17) is 0 Å². The van der Waals surface area contributed by atoms with Crippen molar-refractivity contribution >= 4 is 11.9 Å². The van der Waals surface area contributed by atoms with E-state index in [9.17, 15) is 19.8 Å². The summed E-state index contributed by atoms with van der Waals surface area (Å²) >= 11 is 0. The molecular weight excluding hydrogens is 138 g/mol. The van der Waals surface area contributed by atoms with E-state index in [0.717, 1.165) is 0 Å². The molecule has 52 valence electrons. The third-order valence-electron chi connectivity index (χ3n) is 0.875. The predicted octanol–water partition coefficient (Wildman–Crippen LogP) is -8.48. The number of carbonyl (C=O) groups is 2. The van der Waals surface area contributed by atoms with E-state index >= 15 is 0 Å². The Morgan fingerprint density at radius 3 is 1.73 bits per heavy atom. The molecule has 0 amide bonds. The maximum Gasteiger partial charge on any atom is 1.00 e. The van der Waals surface area contributed by atoms with Gasteiger partial charge in [0.15, 0.2) is 0 Å². The number of carboxylic acid groups (broad SMARTS) is 2. The first-order valence-corrected chi connectivity index (χ1v) is 2.44. The van der Waals surface area contributed by atoms with E-state index in [1.807, 2.05) is 0 Å². The Morgan fingerprint density at radius 2 is 1.64 bits per heavy atom. The van der Waals surface area contributed by atoms with Crippen LogP contribution in [0.25, 0.3) is 0 Å². The summed E-state index contributed by atoms with van der Waals surface area (Å²) in [7, 11) is 0. The monoisotopic (exact) mass is 144 g/mol. The van der Waals surface area contributed by atoms with Crippen molar-refractivity contribution in [2.75, 3.05) is 0 Å². The van der Waals surface area contributed by atoms with E-state index in [1.54, 1.807) is 0 Å². The Hall–Kier alpha value is 0.135.